The number of halogens is 2. The van der Waals surface area contributed by atoms with Crippen molar-refractivity contribution >= 4 is 11.8 Å². The van der Waals surface area contributed by atoms with Crippen LogP contribution in [0.3, 0.4) is 0 Å². The molecule has 5 heteroatoms. The Labute approximate surface area is 132 Å². The summed E-state index contributed by atoms with van der Waals surface area (Å²) in [5, 5.41) is 0. The molecule has 0 aliphatic carbocycles. The van der Waals surface area contributed by atoms with Crippen molar-refractivity contribution in [3.8, 4) is 0 Å². The molecular formula is C18H16F2O3. The van der Waals surface area contributed by atoms with Crippen LogP contribution in [0.1, 0.15) is 34.3 Å². The third-order valence-electron chi connectivity index (χ3n) is 3.40. The molecule has 0 amide bonds. The van der Waals surface area contributed by atoms with E-state index in [1.165, 1.54) is 0 Å². The van der Waals surface area contributed by atoms with Gasteiger partial charge in [0.05, 0.1) is 6.61 Å². The minimum absolute atomic E-state index is 0.0810. The van der Waals surface area contributed by atoms with E-state index in [2.05, 4.69) is 0 Å². The fourth-order valence-electron chi connectivity index (χ4n) is 2.20. The van der Waals surface area contributed by atoms with Crippen molar-refractivity contribution in [3.05, 3.63) is 70.8 Å². The lowest BCUT2D eigenvalue weighted by molar-refractivity contribution is -0.143. The number of benzene rings is 2. The van der Waals surface area contributed by atoms with E-state index in [4.69, 9.17) is 4.74 Å². The molecule has 23 heavy (non-hydrogen) atoms. The normalized spacial score (nSPS) is 11.8. The van der Waals surface area contributed by atoms with Crippen LogP contribution in [0.5, 0.6) is 0 Å². The topological polar surface area (TPSA) is 43.4 Å². The van der Waals surface area contributed by atoms with Crippen molar-refractivity contribution in [3.63, 3.8) is 0 Å². The number of ketones is 1. The summed E-state index contributed by atoms with van der Waals surface area (Å²) in [4.78, 5) is 24.8. The maximum atomic E-state index is 13.4. The van der Waals surface area contributed by atoms with Crippen LogP contribution in [0, 0.1) is 18.6 Å². The van der Waals surface area contributed by atoms with Crippen LogP contribution in [0.15, 0.2) is 42.5 Å². The number of hydrogen-bond donors (Lipinski definition) is 0. The molecule has 2 rings (SSSR count). The van der Waals surface area contributed by atoms with E-state index >= 15 is 0 Å². The van der Waals surface area contributed by atoms with E-state index in [0.717, 1.165) is 23.8 Å². The molecule has 0 saturated carbocycles. The molecule has 120 valence electrons. The molecule has 3 nitrogen and oxygen atoms in total. The van der Waals surface area contributed by atoms with Gasteiger partial charge in [-0.25, -0.2) is 8.78 Å². The van der Waals surface area contributed by atoms with Gasteiger partial charge in [-0.3, -0.25) is 9.59 Å². The van der Waals surface area contributed by atoms with Crippen LogP contribution < -0.4 is 0 Å². The summed E-state index contributed by atoms with van der Waals surface area (Å²) in [6.07, 6.45) is 0. The molecule has 0 aromatic heterocycles. The molecule has 1 atom stereocenters. The van der Waals surface area contributed by atoms with Gasteiger partial charge in [0.1, 0.15) is 5.92 Å². The van der Waals surface area contributed by atoms with E-state index < -0.39 is 29.3 Å². The Morgan fingerprint density at radius 1 is 1.04 bits per heavy atom. The highest BCUT2D eigenvalue weighted by atomic mass is 19.2. The zero-order valence-corrected chi connectivity index (χ0v) is 12.8. The van der Waals surface area contributed by atoms with Crippen molar-refractivity contribution in [1.82, 2.24) is 0 Å². The van der Waals surface area contributed by atoms with Crippen LogP contribution in [0.2, 0.25) is 0 Å². The minimum atomic E-state index is -1.21. The van der Waals surface area contributed by atoms with Gasteiger partial charge in [0.25, 0.3) is 0 Å². The van der Waals surface area contributed by atoms with Gasteiger partial charge in [-0.15, -0.1) is 0 Å². The summed E-state index contributed by atoms with van der Waals surface area (Å²) in [5.74, 6) is -4.75. The second kappa shape index (κ2) is 7.13. The predicted molar refractivity (Wildman–Crippen MR) is 81.2 cm³/mol. The summed E-state index contributed by atoms with van der Waals surface area (Å²) < 4.78 is 31.4. The molecule has 0 heterocycles. The maximum Gasteiger partial charge on any atom is 0.321 e. The number of ether oxygens (including phenoxy) is 1. The summed E-state index contributed by atoms with van der Waals surface area (Å²) in [5.41, 5.74) is 1.34. The van der Waals surface area contributed by atoms with E-state index in [1.54, 1.807) is 31.2 Å². The van der Waals surface area contributed by atoms with Gasteiger partial charge in [0.2, 0.25) is 0 Å². The molecule has 2 aromatic rings. The lowest BCUT2D eigenvalue weighted by atomic mass is 9.90. The van der Waals surface area contributed by atoms with Crippen molar-refractivity contribution < 1.29 is 23.1 Å². The van der Waals surface area contributed by atoms with Crippen LogP contribution in [-0.2, 0) is 9.53 Å². The highest BCUT2D eigenvalue weighted by Gasteiger charge is 2.31. The van der Waals surface area contributed by atoms with Gasteiger partial charge in [-0.2, -0.15) is 0 Å². The van der Waals surface area contributed by atoms with Crippen LogP contribution >= 0.6 is 0 Å². The highest BCUT2D eigenvalue weighted by molar-refractivity contribution is 6.12. The molecule has 0 bridgehead atoms. The molecular weight excluding hydrogens is 302 g/mol. The number of esters is 1. The lowest BCUT2D eigenvalue weighted by Gasteiger charge is -2.15. The van der Waals surface area contributed by atoms with Gasteiger partial charge in [0, 0.05) is 5.56 Å². The molecule has 0 aliphatic heterocycles. The zero-order chi connectivity index (χ0) is 17.0. The second-order valence-corrected chi connectivity index (χ2v) is 5.09. The smallest absolute Gasteiger partial charge is 0.321 e. The first kappa shape index (κ1) is 16.8. The predicted octanol–water partition coefficient (Wildman–Crippen LogP) is 3.80. The third-order valence-corrected chi connectivity index (χ3v) is 3.40. The lowest BCUT2D eigenvalue weighted by Crippen LogP contribution is -2.24. The van der Waals surface area contributed by atoms with Crippen molar-refractivity contribution in [2.45, 2.75) is 19.8 Å². The molecule has 0 N–H and O–H groups in total. The molecule has 0 spiro atoms. The minimum Gasteiger partial charge on any atom is -0.465 e. The highest BCUT2D eigenvalue weighted by Crippen LogP contribution is 2.24. The SMILES string of the molecule is CCOC(=O)[C@H](C(=O)c1ccc(F)c(F)c1)c1ccc(C)cc1. The Hall–Kier alpha value is -2.56. The zero-order valence-electron chi connectivity index (χ0n) is 12.8. The number of hydrogen-bond acceptors (Lipinski definition) is 3. The fourth-order valence-corrected chi connectivity index (χ4v) is 2.20. The Bertz CT molecular complexity index is 724. The van der Waals surface area contributed by atoms with E-state index in [0.29, 0.717) is 5.56 Å². The Kier molecular flexibility index (Phi) is 5.21. The molecule has 0 fully saturated rings. The third kappa shape index (κ3) is 3.80. The number of rotatable bonds is 5. The van der Waals surface area contributed by atoms with Crippen LogP contribution in [0.4, 0.5) is 8.78 Å². The fraction of sp³-hybridized carbons (Fsp3) is 0.222. The summed E-state index contributed by atoms with van der Waals surface area (Å²) in [6, 6.07) is 9.63. The van der Waals surface area contributed by atoms with Gasteiger partial charge in [0.15, 0.2) is 17.4 Å². The molecule has 0 unspecified atom stereocenters. The summed E-state index contributed by atoms with van der Waals surface area (Å²) in [7, 11) is 0. The molecule has 0 saturated heterocycles. The largest absolute Gasteiger partial charge is 0.465 e. The van der Waals surface area contributed by atoms with Gasteiger partial charge in [-0.05, 0) is 37.6 Å². The number of carbonyl (C=O) groups is 2. The number of aryl methyl sites for hydroxylation is 1. The average Bonchev–Trinajstić information content (AvgIpc) is 2.52. The molecule has 0 radical (unpaired) electrons. The van der Waals surface area contributed by atoms with Crippen molar-refractivity contribution in [2.24, 2.45) is 0 Å². The maximum absolute atomic E-state index is 13.4. The van der Waals surface area contributed by atoms with E-state index in [-0.39, 0.29) is 12.2 Å². The van der Waals surface area contributed by atoms with Gasteiger partial charge >= 0.3 is 5.97 Å². The number of Topliss-reactive ketones (excluding diaryl/α,β-unsaturated/α-hetero) is 1. The quantitative estimate of drug-likeness (QED) is 0.478. The van der Waals surface area contributed by atoms with Crippen molar-refractivity contribution in [1.29, 1.82) is 0 Å². The molecule has 0 aliphatic rings. The van der Waals surface area contributed by atoms with Crippen molar-refractivity contribution in [2.75, 3.05) is 6.61 Å². The first-order valence-electron chi connectivity index (χ1n) is 7.16. The Balaban J connectivity index is 2.43. The number of carbonyl (C=O) groups excluding carboxylic acids is 2. The standard InChI is InChI=1S/C18H16F2O3/c1-3-23-18(22)16(12-6-4-11(2)5-7-12)17(21)13-8-9-14(19)15(20)10-13/h4-10,16H,3H2,1-2H3/t16-/m0/s1. The molecule has 2 aromatic carbocycles. The van der Waals surface area contributed by atoms with E-state index in [1.807, 2.05) is 6.92 Å². The van der Waals surface area contributed by atoms with Gasteiger partial charge < -0.3 is 4.74 Å². The van der Waals surface area contributed by atoms with Gasteiger partial charge in [-0.1, -0.05) is 29.8 Å². The summed E-state index contributed by atoms with van der Waals surface area (Å²) in [6.45, 7) is 3.62. The van der Waals surface area contributed by atoms with Crippen LogP contribution in [-0.4, -0.2) is 18.4 Å². The summed E-state index contributed by atoms with van der Waals surface area (Å²) >= 11 is 0. The monoisotopic (exact) mass is 318 g/mol. The first-order valence-corrected chi connectivity index (χ1v) is 7.16. The Morgan fingerprint density at radius 3 is 2.26 bits per heavy atom. The van der Waals surface area contributed by atoms with Crippen LogP contribution in [0.25, 0.3) is 0 Å². The van der Waals surface area contributed by atoms with E-state index in [9.17, 15) is 18.4 Å². The first-order chi connectivity index (χ1) is 10.9. The average molecular weight is 318 g/mol. The second-order valence-electron chi connectivity index (χ2n) is 5.09. The Morgan fingerprint density at radius 2 is 1.70 bits per heavy atom.